The van der Waals surface area contributed by atoms with Crippen molar-refractivity contribution in [2.45, 2.75) is 31.9 Å². The standard InChI is InChI=1S/C28H21ClF6N6OS/c1-17-13-14-43-26(41(17)24-22(27(30,31)32)3-2-4-23(24)29)38-37-15-18-5-7-19(8-6-18)25-36-16-40(39-25)20-9-11-21(12-10-20)42-28(33,34)35/h2-12,15-17H,13-14H2,1H3/b37-15+,38-26-. The summed E-state index contributed by atoms with van der Waals surface area (Å²) in [5.41, 5.74) is 0.832. The van der Waals surface area contributed by atoms with Gasteiger partial charge in [0.2, 0.25) is 0 Å². The summed E-state index contributed by atoms with van der Waals surface area (Å²) in [6, 6.07) is 15.6. The van der Waals surface area contributed by atoms with Crippen LogP contribution in [0.3, 0.4) is 0 Å². The maximum atomic E-state index is 13.8. The second-order valence-corrected chi connectivity index (χ2v) is 10.8. The summed E-state index contributed by atoms with van der Waals surface area (Å²) in [4.78, 5) is 5.74. The van der Waals surface area contributed by atoms with Crippen LogP contribution in [0.1, 0.15) is 24.5 Å². The zero-order chi connectivity index (χ0) is 30.8. The molecule has 0 bridgehead atoms. The van der Waals surface area contributed by atoms with Crippen molar-refractivity contribution in [2.75, 3.05) is 10.7 Å². The van der Waals surface area contributed by atoms with Crippen LogP contribution < -0.4 is 9.64 Å². The van der Waals surface area contributed by atoms with Gasteiger partial charge >= 0.3 is 12.5 Å². The number of thioether (sulfide) groups is 1. The van der Waals surface area contributed by atoms with Gasteiger partial charge in [-0.15, -0.1) is 23.4 Å². The highest BCUT2D eigenvalue weighted by atomic mass is 35.5. The summed E-state index contributed by atoms with van der Waals surface area (Å²) >= 11 is 7.56. The van der Waals surface area contributed by atoms with E-state index in [4.69, 9.17) is 11.6 Å². The highest BCUT2D eigenvalue weighted by Crippen LogP contribution is 2.43. The van der Waals surface area contributed by atoms with Crippen LogP contribution in [-0.2, 0) is 6.18 Å². The third-order valence-electron chi connectivity index (χ3n) is 6.29. The molecule has 7 nitrogen and oxygen atoms in total. The molecule has 1 fully saturated rings. The van der Waals surface area contributed by atoms with E-state index in [1.54, 1.807) is 24.3 Å². The van der Waals surface area contributed by atoms with E-state index in [2.05, 4.69) is 25.0 Å². The van der Waals surface area contributed by atoms with Crippen molar-refractivity contribution in [3.8, 4) is 22.8 Å². The Labute approximate surface area is 250 Å². The van der Waals surface area contributed by atoms with Crippen molar-refractivity contribution < 1.29 is 31.1 Å². The Hall–Kier alpha value is -4.04. The lowest BCUT2D eigenvalue weighted by molar-refractivity contribution is -0.274. The largest absolute Gasteiger partial charge is 0.573 e. The average Bonchev–Trinajstić information content (AvgIpc) is 3.43. The summed E-state index contributed by atoms with van der Waals surface area (Å²) in [5, 5.41) is 13.0. The van der Waals surface area contributed by atoms with Gasteiger partial charge in [-0.1, -0.05) is 53.7 Å². The Kier molecular flexibility index (Phi) is 8.69. The monoisotopic (exact) mass is 638 g/mol. The van der Waals surface area contributed by atoms with E-state index in [1.165, 1.54) is 70.3 Å². The number of para-hydroxylation sites is 1. The molecule has 4 aromatic rings. The van der Waals surface area contributed by atoms with Gasteiger partial charge in [-0.05, 0) is 55.3 Å². The SMILES string of the molecule is CC1CCS/C(=N\N=C\c2ccc(-c3ncn(-c4ccc(OC(F)(F)F)cc4)n3)cc2)N1c1c(Cl)cccc1C(F)(F)F. The molecular formula is C28H21ClF6N6OS. The van der Waals surface area contributed by atoms with E-state index < -0.39 is 18.1 Å². The second-order valence-electron chi connectivity index (χ2n) is 9.29. The molecular weight excluding hydrogens is 618 g/mol. The lowest BCUT2D eigenvalue weighted by Gasteiger charge is -2.37. The number of alkyl halides is 6. The fourth-order valence-electron chi connectivity index (χ4n) is 4.27. The molecule has 1 aliphatic rings. The number of amidine groups is 1. The Balaban J connectivity index is 1.31. The predicted octanol–water partition coefficient (Wildman–Crippen LogP) is 8.23. The van der Waals surface area contributed by atoms with Crippen LogP contribution in [0.15, 0.2) is 83.3 Å². The van der Waals surface area contributed by atoms with Crippen molar-refractivity contribution >= 4 is 40.4 Å². The number of nitrogens with zero attached hydrogens (tertiary/aromatic N) is 6. The molecule has 5 rings (SSSR count). The van der Waals surface area contributed by atoms with Gasteiger partial charge in [0.05, 0.1) is 28.2 Å². The Morgan fingerprint density at radius 2 is 1.72 bits per heavy atom. The average molecular weight is 639 g/mol. The Bertz CT molecular complexity index is 1640. The van der Waals surface area contributed by atoms with Gasteiger partial charge in [0, 0.05) is 17.4 Å². The van der Waals surface area contributed by atoms with Crippen molar-refractivity contribution in [2.24, 2.45) is 10.2 Å². The molecule has 0 N–H and O–H groups in total. The van der Waals surface area contributed by atoms with Crippen LogP contribution in [0.25, 0.3) is 17.1 Å². The van der Waals surface area contributed by atoms with Gasteiger partial charge in [-0.2, -0.15) is 18.3 Å². The number of benzene rings is 3. The van der Waals surface area contributed by atoms with Crippen molar-refractivity contribution in [1.29, 1.82) is 0 Å². The lowest BCUT2D eigenvalue weighted by Crippen LogP contribution is -2.42. The van der Waals surface area contributed by atoms with Gasteiger partial charge in [0.1, 0.15) is 12.1 Å². The fourth-order valence-corrected chi connectivity index (χ4v) is 5.70. The van der Waals surface area contributed by atoms with Crippen LogP contribution in [0, 0.1) is 0 Å². The van der Waals surface area contributed by atoms with Crippen LogP contribution in [0.4, 0.5) is 32.0 Å². The zero-order valence-corrected chi connectivity index (χ0v) is 23.7. The van der Waals surface area contributed by atoms with Gasteiger partial charge in [0.25, 0.3) is 0 Å². The molecule has 0 saturated carbocycles. The molecule has 1 unspecified atom stereocenters. The molecule has 1 aliphatic heterocycles. The first kappa shape index (κ1) is 30.4. The van der Waals surface area contributed by atoms with Crippen LogP contribution >= 0.6 is 23.4 Å². The maximum absolute atomic E-state index is 13.8. The van der Waals surface area contributed by atoms with Crippen molar-refractivity contribution in [3.63, 3.8) is 0 Å². The Morgan fingerprint density at radius 3 is 2.40 bits per heavy atom. The van der Waals surface area contributed by atoms with Crippen molar-refractivity contribution in [3.05, 3.63) is 89.2 Å². The first-order chi connectivity index (χ1) is 20.4. The first-order valence-electron chi connectivity index (χ1n) is 12.7. The minimum absolute atomic E-state index is 0.0278. The van der Waals surface area contributed by atoms with E-state index in [0.29, 0.717) is 40.0 Å². The molecule has 0 spiro atoms. The molecule has 0 aliphatic carbocycles. The smallest absolute Gasteiger partial charge is 0.406 e. The van der Waals surface area contributed by atoms with E-state index in [-0.39, 0.29) is 22.5 Å². The van der Waals surface area contributed by atoms with Crippen LogP contribution in [0.2, 0.25) is 5.02 Å². The zero-order valence-electron chi connectivity index (χ0n) is 22.1. The number of ether oxygens (including phenoxy) is 1. The summed E-state index contributed by atoms with van der Waals surface area (Å²) in [7, 11) is 0. The molecule has 43 heavy (non-hydrogen) atoms. The second kappa shape index (κ2) is 12.3. The summed E-state index contributed by atoms with van der Waals surface area (Å²) in [6.45, 7) is 1.81. The number of anilines is 1. The highest BCUT2D eigenvalue weighted by Gasteiger charge is 2.39. The van der Waals surface area contributed by atoms with Crippen LogP contribution in [-0.4, -0.2) is 44.3 Å². The predicted molar refractivity (Wildman–Crippen MR) is 154 cm³/mol. The Morgan fingerprint density at radius 1 is 1.00 bits per heavy atom. The minimum Gasteiger partial charge on any atom is -0.406 e. The van der Waals surface area contributed by atoms with Gasteiger partial charge < -0.3 is 9.64 Å². The molecule has 224 valence electrons. The van der Waals surface area contributed by atoms with E-state index in [1.807, 2.05) is 6.92 Å². The number of aromatic nitrogens is 3. The quantitative estimate of drug-likeness (QED) is 0.121. The molecule has 0 amide bonds. The summed E-state index contributed by atoms with van der Waals surface area (Å²) in [5.74, 6) is 0.693. The lowest BCUT2D eigenvalue weighted by atomic mass is 10.1. The third kappa shape index (κ3) is 7.31. The van der Waals surface area contributed by atoms with Gasteiger partial charge in [0.15, 0.2) is 11.0 Å². The number of halogens is 7. The normalized spacial score (nSPS) is 17.2. The minimum atomic E-state index is -4.78. The number of hydrogen-bond acceptors (Lipinski definition) is 6. The van der Waals surface area contributed by atoms with E-state index in [0.717, 1.165) is 6.07 Å². The number of hydrogen-bond donors (Lipinski definition) is 0. The van der Waals surface area contributed by atoms with Crippen molar-refractivity contribution in [1.82, 2.24) is 14.8 Å². The van der Waals surface area contributed by atoms with Crippen LogP contribution in [0.5, 0.6) is 5.75 Å². The molecule has 1 saturated heterocycles. The maximum Gasteiger partial charge on any atom is 0.573 e. The fraction of sp³-hybridized carbons (Fsp3) is 0.214. The summed E-state index contributed by atoms with van der Waals surface area (Å²) in [6.07, 6.45) is -5.84. The van der Waals surface area contributed by atoms with E-state index in [9.17, 15) is 26.3 Å². The third-order valence-corrected chi connectivity index (χ3v) is 7.57. The first-order valence-corrected chi connectivity index (χ1v) is 14.0. The highest BCUT2D eigenvalue weighted by molar-refractivity contribution is 8.14. The summed E-state index contributed by atoms with van der Waals surface area (Å²) < 4.78 is 83.9. The molecule has 15 heteroatoms. The van der Waals surface area contributed by atoms with Gasteiger partial charge in [-0.25, -0.2) is 9.67 Å². The molecule has 1 aromatic heterocycles. The molecule has 0 radical (unpaired) electrons. The number of rotatable bonds is 6. The topological polar surface area (TPSA) is 67.9 Å². The molecule has 3 aromatic carbocycles. The van der Waals surface area contributed by atoms with Gasteiger partial charge in [-0.3, -0.25) is 0 Å². The van der Waals surface area contributed by atoms with E-state index >= 15 is 0 Å². The molecule has 1 atom stereocenters. The molecule has 2 heterocycles.